The van der Waals surface area contributed by atoms with Gasteiger partial charge >= 0.3 is 5.97 Å². The van der Waals surface area contributed by atoms with Crippen molar-refractivity contribution < 1.29 is 23.9 Å². The summed E-state index contributed by atoms with van der Waals surface area (Å²) in [7, 11) is 0. The number of esters is 1. The largest absolute Gasteiger partial charge is 0.476 e. The Bertz CT molecular complexity index is 906. The summed E-state index contributed by atoms with van der Waals surface area (Å²) in [5.74, 6) is -0.435. The molecule has 1 saturated heterocycles. The number of nitrogens with zero attached hydrogens (tertiary/aromatic N) is 1. The van der Waals surface area contributed by atoms with Gasteiger partial charge in [-0.15, -0.1) is 0 Å². The molecule has 3 rings (SSSR count). The van der Waals surface area contributed by atoms with Crippen molar-refractivity contribution in [2.24, 2.45) is 0 Å². The maximum atomic E-state index is 12.4. The first-order valence-electron chi connectivity index (χ1n) is 9.32. The molecule has 1 aliphatic heterocycles. The first-order chi connectivity index (χ1) is 13.8. The van der Waals surface area contributed by atoms with E-state index in [1.54, 1.807) is 67.3 Å². The molecule has 2 aromatic carbocycles. The molecule has 0 atom stereocenters. The van der Waals surface area contributed by atoms with Crippen LogP contribution in [0.4, 0.5) is 5.69 Å². The van der Waals surface area contributed by atoms with Crippen LogP contribution in [0.3, 0.4) is 0 Å². The number of anilines is 1. The van der Waals surface area contributed by atoms with Gasteiger partial charge in [-0.1, -0.05) is 11.6 Å². The fraction of sp³-hybridized carbons (Fsp3) is 0.318. The van der Waals surface area contributed by atoms with Gasteiger partial charge in [0.05, 0.1) is 0 Å². The minimum absolute atomic E-state index is 0.0842. The SMILES string of the molecule is CC(C)(Oc1ccc(Cl)cc1)C(=O)OCC(=O)c1ccc(N2CCCC2=O)cc1. The van der Waals surface area contributed by atoms with E-state index in [-0.39, 0.29) is 11.7 Å². The van der Waals surface area contributed by atoms with Crippen molar-refractivity contribution >= 4 is 34.9 Å². The lowest BCUT2D eigenvalue weighted by Crippen LogP contribution is -2.40. The second kappa shape index (κ2) is 8.66. The summed E-state index contributed by atoms with van der Waals surface area (Å²) in [5, 5.41) is 0.559. The normalized spacial score (nSPS) is 14.0. The standard InChI is InChI=1S/C22H22ClNO5/c1-22(2,29-18-11-7-16(23)8-12-18)21(27)28-14-19(25)15-5-9-17(10-6-15)24-13-3-4-20(24)26/h5-12H,3-4,13-14H2,1-2H3. The van der Waals surface area contributed by atoms with Gasteiger partial charge in [0.25, 0.3) is 0 Å². The second-order valence-corrected chi connectivity index (χ2v) is 7.70. The Morgan fingerprint density at radius 2 is 1.72 bits per heavy atom. The molecule has 2 aromatic rings. The minimum Gasteiger partial charge on any atom is -0.476 e. The Morgan fingerprint density at radius 1 is 1.07 bits per heavy atom. The van der Waals surface area contributed by atoms with Gasteiger partial charge in [0, 0.05) is 29.2 Å². The predicted molar refractivity (Wildman–Crippen MR) is 109 cm³/mol. The molecule has 0 radical (unpaired) electrons. The Hall–Kier alpha value is -2.86. The van der Waals surface area contributed by atoms with Crippen LogP contribution in [0.25, 0.3) is 0 Å². The van der Waals surface area contributed by atoms with E-state index in [1.165, 1.54) is 0 Å². The van der Waals surface area contributed by atoms with Crippen molar-refractivity contribution in [3.8, 4) is 5.75 Å². The van der Waals surface area contributed by atoms with Crippen LogP contribution in [0.15, 0.2) is 48.5 Å². The van der Waals surface area contributed by atoms with E-state index in [0.717, 1.165) is 12.1 Å². The average Bonchev–Trinajstić information content (AvgIpc) is 3.13. The van der Waals surface area contributed by atoms with E-state index >= 15 is 0 Å². The van der Waals surface area contributed by atoms with Gasteiger partial charge in [-0.3, -0.25) is 9.59 Å². The molecule has 0 aliphatic carbocycles. The molecule has 1 amide bonds. The van der Waals surface area contributed by atoms with E-state index in [2.05, 4.69) is 0 Å². The lowest BCUT2D eigenvalue weighted by atomic mass is 10.1. The van der Waals surface area contributed by atoms with Crippen LogP contribution in [-0.2, 0) is 14.3 Å². The highest BCUT2D eigenvalue weighted by molar-refractivity contribution is 6.30. The third-order valence-electron chi connectivity index (χ3n) is 4.59. The average molecular weight is 416 g/mol. The smallest absolute Gasteiger partial charge is 0.350 e. The summed E-state index contributed by atoms with van der Waals surface area (Å²) in [4.78, 5) is 38.2. The van der Waals surface area contributed by atoms with Crippen LogP contribution in [0.1, 0.15) is 37.0 Å². The predicted octanol–water partition coefficient (Wildman–Crippen LogP) is 4.05. The number of halogens is 1. The molecule has 29 heavy (non-hydrogen) atoms. The Morgan fingerprint density at radius 3 is 2.31 bits per heavy atom. The number of ketones is 1. The van der Waals surface area contributed by atoms with E-state index in [1.807, 2.05) is 0 Å². The molecule has 0 N–H and O–H groups in total. The molecule has 1 fully saturated rings. The molecule has 0 bridgehead atoms. The maximum Gasteiger partial charge on any atom is 0.350 e. The molecule has 7 heteroatoms. The molecule has 0 spiro atoms. The molecular formula is C22H22ClNO5. The topological polar surface area (TPSA) is 72.9 Å². The highest BCUT2D eigenvalue weighted by atomic mass is 35.5. The number of carbonyl (C=O) groups is 3. The number of Topliss-reactive ketones (excluding diaryl/α,β-unsaturated/α-hetero) is 1. The Balaban J connectivity index is 1.55. The molecule has 0 unspecified atom stereocenters. The van der Waals surface area contributed by atoms with Gasteiger partial charge in [-0.05, 0) is 68.8 Å². The highest BCUT2D eigenvalue weighted by Gasteiger charge is 2.32. The quantitative estimate of drug-likeness (QED) is 0.504. The zero-order chi connectivity index (χ0) is 21.0. The van der Waals surface area contributed by atoms with E-state index in [4.69, 9.17) is 21.1 Å². The van der Waals surface area contributed by atoms with Crippen molar-refractivity contribution in [1.82, 2.24) is 0 Å². The fourth-order valence-electron chi connectivity index (χ4n) is 2.98. The molecule has 1 heterocycles. The number of benzene rings is 2. The number of hydrogen-bond donors (Lipinski definition) is 0. The van der Waals surface area contributed by atoms with Gasteiger partial charge in [0.2, 0.25) is 5.91 Å². The Labute approximate surface area is 174 Å². The fourth-order valence-corrected chi connectivity index (χ4v) is 3.10. The lowest BCUT2D eigenvalue weighted by Gasteiger charge is -2.24. The highest BCUT2D eigenvalue weighted by Crippen LogP contribution is 2.23. The summed E-state index contributed by atoms with van der Waals surface area (Å²) >= 11 is 5.84. The summed E-state index contributed by atoms with van der Waals surface area (Å²) in [6.07, 6.45) is 1.38. The first kappa shape index (κ1) is 20.9. The van der Waals surface area contributed by atoms with Gasteiger partial charge in [0.15, 0.2) is 18.0 Å². The monoisotopic (exact) mass is 415 g/mol. The van der Waals surface area contributed by atoms with Crippen molar-refractivity contribution in [3.05, 3.63) is 59.1 Å². The van der Waals surface area contributed by atoms with Crippen LogP contribution < -0.4 is 9.64 Å². The number of rotatable bonds is 7. The van der Waals surface area contributed by atoms with Crippen LogP contribution in [0.5, 0.6) is 5.75 Å². The van der Waals surface area contributed by atoms with Crippen molar-refractivity contribution in [2.45, 2.75) is 32.3 Å². The number of ether oxygens (including phenoxy) is 2. The van der Waals surface area contributed by atoms with E-state index < -0.39 is 18.2 Å². The van der Waals surface area contributed by atoms with Gasteiger partial charge in [-0.2, -0.15) is 0 Å². The summed E-state index contributed by atoms with van der Waals surface area (Å²) in [5.41, 5.74) is -0.100. The third-order valence-corrected chi connectivity index (χ3v) is 4.84. The Kier molecular flexibility index (Phi) is 6.23. The minimum atomic E-state index is -1.27. The summed E-state index contributed by atoms with van der Waals surface area (Å²) in [6.45, 7) is 3.42. The zero-order valence-electron chi connectivity index (χ0n) is 16.3. The van der Waals surface area contributed by atoms with E-state index in [0.29, 0.717) is 29.3 Å². The summed E-state index contributed by atoms with van der Waals surface area (Å²) < 4.78 is 10.8. The van der Waals surface area contributed by atoms with Crippen LogP contribution in [0, 0.1) is 0 Å². The van der Waals surface area contributed by atoms with Gasteiger partial charge in [0.1, 0.15) is 5.75 Å². The summed E-state index contributed by atoms with van der Waals surface area (Å²) in [6, 6.07) is 13.3. The third kappa shape index (κ3) is 5.15. The van der Waals surface area contributed by atoms with Crippen molar-refractivity contribution in [1.29, 1.82) is 0 Å². The van der Waals surface area contributed by atoms with Crippen LogP contribution in [0.2, 0.25) is 5.02 Å². The number of amides is 1. The molecule has 1 aliphatic rings. The maximum absolute atomic E-state index is 12.4. The van der Waals surface area contributed by atoms with Gasteiger partial charge < -0.3 is 14.4 Å². The number of hydrogen-bond acceptors (Lipinski definition) is 5. The number of carbonyl (C=O) groups excluding carboxylic acids is 3. The molecule has 152 valence electrons. The van der Waals surface area contributed by atoms with Crippen molar-refractivity contribution in [3.63, 3.8) is 0 Å². The zero-order valence-corrected chi connectivity index (χ0v) is 17.1. The van der Waals surface area contributed by atoms with Gasteiger partial charge in [-0.25, -0.2) is 4.79 Å². The van der Waals surface area contributed by atoms with Crippen LogP contribution in [-0.4, -0.2) is 36.4 Å². The molecule has 6 nitrogen and oxygen atoms in total. The molecule has 0 saturated carbocycles. The van der Waals surface area contributed by atoms with Crippen LogP contribution >= 0.6 is 11.6 Å². The first-order valence-corrected chi connectivity index (χ1v) is 9.69. The lowest BCUT2D eigenvalue weighted by molar-refractivity contribution is -0.158. The molecular weight excluding hydrogens is 394 g/mol. The van der Waals surface area contributed by atoms with E-state index in [9.17, 15) is 14.4 Å². The van der Waals surface area contributed by atoms with Crippen molar-refractivity contribution in [2.75, 3.05) is 18.1 Å². The second-order valence-electron chi connectivity index (χ2n) is 7.26. The molecule has 0 aromatic heterocycles.